The zero-order valence-electron chi connectivity index (χ0n) is 39.7. The van der Waals surface area contributed by atoms with Crippen molar-refractivity contribution in [3.63, 3.8) is 0 Å². The maximum absolute atomic E-state index is 14.7. The van der Waals surface area contributed by atoms with Crippen LogP contribution >= 0.6 is 0 Å². The number of carbonyl (C=O) groups excluding carboxylic acids is 1. The first-order chi connectivity index (χ1) is 34.5. The number of rotatable bonds is 14. The number of nitrogens with one attached hydrogen (secondary N) is 3. The van der Waals surface area contributed by atoms with Crippen molar-refractivity contribution in [1.82, 2.24) is 12.6 Å². The third kappa shape index (κ3) is 11.5. The standard InChI is InChI=1S/C46H43F6N5O13S5/c1-25(2)44(58)69-32-17-19-57(20-18-32)73(63,64)40-10-8-7-9-36(40)41-34-14-12-30(53-42-27(4)21-33(22-28(42)5)71(59,60)55-74(65,66)45(47,48)49)23-37(34)70-38-24-31(13-15-35(38)41)54-43-26(3)11-16-39(29(43)6)72(61,62)56-75(67,68)46(50,51)52/h7-16,21-24,32,54-56H,1,17-20H2,2-6H3. The largest absolute Gasteiger partial charge is 0.512 e. The topological polar surface area (TPSA) is 262 Å². The molecule has 3 aliphatic rings. The molecule has 0 atom stereocenters. The summed E-state index contributed by atoms with van der Waals surface area (Å²) in [5.41, 5.74) is -10.1. The Kier molecular flexibility index (Phi) is 15.1. The number of esters is 1. The number of hydrogen-bond acceptors (Lipinski definition) is 15. The van der Waals surface area contributed by atoms with E-state index >= 15 is 0 Å². The molecular weight excluding hydrogens is 1100 g/mol. The number of alkyl halides is 6. The Morgan fingerprint density at radius 1 is 0.707 bits per heavy atom. The van der Waals surface area contributed by atoms with Crippen LogP contribution in [0.5, 0.6) is 0 Å². The molecule has 0 bridgehead atoms. The van der Waals surface area contributed by atoms with Crippen LogP contribution in [0.2, 0.25) is 0 Å². The molecule has 0 spiro atoms. The summed E-state index contributed by atoms with van der Waals surface area (Å²) in [5.74, 6) is -0.545. The molecule has 1 saturated heterocycles. The Morgan fingerprint density at radius 3 is 1.88 bits per heavy atom. The Morgan fingerprint density at radius 2 is 1.29 bits per heavy atom. The van der Waals surface area contributed by atoms with Crippen molar-refractivity contribution in [2.45, 2.75) is 79.3 Å². The van der Waals surface area contributed by atoms with Crippen LogP contribution in [-0.2, 0) is 59.6 Å². The molecule has 18 nitrogen and oxygen atoms in total. The van der Waals surface area contributed by atoms with Gasteiger partial charge in [0.25, 0.3) is 20.0 Å². The Balaban J connectivity index is 1.38. The lowest BCUT2D eigenvalue weighted by Crippen LogP contribution is -2.41. The van der Waals surface area contributed by atoms with Crippen molar-refractivity contribution >= 4 is 84.1 Å². The van der Waals surface area contributed by atoms with Crippen molar-refractivity contribution in [2.24, 2.45) is 4.99 Å². The van der Waals surface area contributed by atoms with Crippen molar-refractivity contribution in [1.29, 1.82) is 0 Å². The summed E-state index contributed by atoms with van der Waals surface area (Å²) < 4.78 is 222. The average molecular weight is 1150 g/mol. The summed E-state index contributed by atoms with van der Waals surface area (Å²) in [7, 11) is -27.6. The summed E-state index contributed by atoms with van der Waals surface area (Å²) in [6, 6.07) is 19.1. The van der Waals surface area contributed by atoms with Gasteiger partial charge in [0.15, 0.2) is 0 Å². The molecule has 3 N–H and O–H groups in total. The quantitative estimate of drug-likeness (QED) is 0.0405. The van der Waals surface area contributed by atoms with Crippen LogP contribution in [0, 0.1) is 27.7 Å². The van der Waals surface area contributed by atoms with E-state index in [0.29, 0.717) is 26.2 Å². The van der Waals surface area contributed by atoms with Crippen LogP contribution in [-0.4, -0.2) is 82.6 Å². The first kappa shape index (κ1) is 56.5. The minimum atomic E-state index is -6.35. The van der Waals surface area contributed by atoms with Crippen molar-refractivity contribution < 1.29 is 82.4 Å². The van der Waals surface area contributed by atoms with Gasteiger partial charge in [0, 0.05) is 64.2 Å². The number of anilines is 2. The van der Waals surface area contributed by atoms with E-state index < -0.39 is 83.0 Å². The normalized spacial score (nSPS) is 15.1. The number of aryl methyl sites for hydroxylation is 3. The highest BCUT2D eigenvalue weighted by atomic mass is 32.3. The van der Waals surface area contributed by atoms with Gasteiger partial charge in [-0.05, 0) is 118 Å². The molecule has 1 fully saturated rings. The zero-order chi connectivity index (χ0) is 55.6. The van der Waals surface area contributed by atoms with E-state index in [1.54, 1.807) is 24.3 Å². The van der Waals surface area contributed by atoms with Crippen LogP contribution in [0.15, 0.2) is 121 Å². The van der Waals surface area contributed by atoms with Crippen molar-refractivity contribution in [3.05, 3.63) is 125 Å². The van der Waals surface area contributed by atoms with Crippen molar-refractivity contribution in [2.75, 3.05) is 18.4 Å². The SMILES string of the molecule is C=C(C)C(=O)OC1CCN(S(=O)(=O)c2ccccc2-c2c3ccc(=Nc4c(C)cc(S(=O)(=O)NS(=O)(=O)C(F)(F)F)cc4C)cc-3oc3cc(Nc4c(C)ccc(S(=O)(=O)NS(=O)(=O)C(F)(F)F)c4C)ccc23)CC1. The van der Waals surface area contributed by atoms with Gasteiger partial charge in [-0.15, -0.1) is 0 Å². The van der Waals surface area contributed by atoms with Gasteiger partial charge in [-0.2, -0.15) is 30.6 Å². The highest BCUT2D eigenvalue weighted by Crippen LogP contribution is 2.44. The summed E-state index contributed by atoms with van der Waals surface area (Å²) in [6.07, 6.45) is -0.200. The summed E-state index contributed by atoms with van der Waals surface area (Å²) in [4.78, 5) is 15.1. The second-order valence-corrected chi connectivity index (χ2v) is 26.4. The third-order valence-electron chi connectivity index (χ3n) is 11.7. The zero-order valence-corrected chi connectivity index (χ0v) is 43.8. The van der Waals surface area contributed by atoms with Gasteiger partial charge in [-0.1, -0.05) is 39.1 Å². The molecular formula is C46H43F6N5O13S5. The van der Waals surface area contributed by atoms with Gasteiger partial charge in [0.2, 0.25) is 10.0 Å². The molecule has 0 saturated carbocycles. The molecule has 0 aromatic heterocycles. The first-order valence-electron chi connectivity index (χ1n) is 21.7. The number of halogens is 6. The molecule has 402 valence electrons. The van der Waals surface area contributed by atoms with Crippen LogP contribution in [0.1, 0.15) is 42.0 Å². The smallest absolute Gasteiger partial charge is 0.459 e. The van der Waals surface area contributed by atoms with E-state index in [2.05, 4.69) is 16.9 Å². The highest BCUT2D eigenvalue weighted by Gasteiger charge is 2.50. The van der Waals surface area contributed by atoms with E-state index in [0.717, 1.165) is 22.3 Å². The van der Waals surface area contributed by atoms with E-state index in [1.165, 1.54) is 81.4 Å². The van der Waals surface area contributed by atoms with Gasteiger partial charge in [-0.25, -0.2) is 51.9 Å². The fraction of sp³-hybridized carbons (Fsp3) is 0.261. The number of ether oxygens (including phenoxy) is 1. The molecule has 75 heavy (non-hydrogen) atoms. The van der Waals surface area contributed by atoms with Gasteiger partial charge < -0.3 is 14.5 Å². The Bertz CT molecular complexity index is 3950. The Labute approximate surface area is 426 Å². The van der Waals surface area contributed by atoms with Gasteiger partial charge in [-0.3, -0.25) is 0 Å². The molecule has 0 amide bonds. The van der Waals surface area contributed by atoms with Crippen LogP contribution in [0.25, 0.3) is 33.4 Å². The third-order valence-corrected chi connectivity index (χ3v) is 20.3. The minimum Gasteiger partial charge on any atom is -0.459 e. The number of sulfonamides is 5. The van der Waals surface area contributed by atoms with E-state index in [-0.39, 0.29) is 92.4 Å². The van der Waals surface area contributed by atoms with Gasteiger partial charge >= 0.3 is 37.0 Å². The summed E-state index contributed by atoms with van der Waals surface area (Å²) in [6.45, 7) is 10.6. The molecule has 7 rings (SSSR count). The molecule has 0 unspecified atom stereocenters. The molecule has 29 heteroatoms. The predicted molar refractivity (Wildman–Crippen MR) is 262 cm³/mol. The number of benzene rings is 5. The van der Waals surface area contributed by atoms with Crippen molar-refractivity contribution in [3.8, 4) is 22.5 Å². The monoisotopic (exact) mass is 1150 g/mol. The minimum absolute atomic E-state index is 0.0131. The van der Waals surface area contributed by atoms with E-state index in [4.69, 9.17) is 9.15 Å². The number of piperidine rings is 1. The molecule has 2 heterocycles. The molecule has 0 radical (unpaired) electrons. The predicted octanol–water partition coefficient (Wildman–Crippen LogP) is 7.94. The summed E-state index contributed by atoms with van der Waals surface area (Å²) >= 11 is 0. The summed E-state index contributed by atoms with van der Waals surface area (Å²) in [5, 5.41) is 3.49. The number of nitrogens with zero attached hydrogens (tertiary/aromatic N) is 2. The lowest BCUT2D eigenvalue weighted by atomic mass is 9.93. The maximum atomic E-state index is 14.7. The van der Waals surface area contributed by atoms with E-state index in [9.17, 15) is 73.2 Å². The lowest BCUT2D eigenvalue weighted by Gasteiger charge is -2.31. The van der Waals surface area contributed by atoms with E-state index in [1.807, 2.05) is 0 Å². The molecule has 2 aliphatic heterocycles. The number of hydrogen-bond donors (Lipinski definition) is 3. The Hall–Kier alpha value is -6.21. The fourth-order valence-electron chi connectivity index (χ4n) is 8.10. The maximum Gasteiger partial charge on any atom is 0.512 e. The highest BCUT2D eigenvalue weighted by molar-refractivity contribution is 8.05. The number of fused-ring (bicyclic) bond motifs is 2. The van der Waals surface area contributed by atoms with Crippen LogP contribution in [0.4, 0.5) is 43.4 Å². The van der Waals surface area contributed by atoms with Gasteiger partial charge in [0.05, 0.1) is 25.7 Å². The van der Waals surface area contributed by atoms with Crippen LogP contribution < -0.4 is 18.9 Å². The van der Waals surface area contributed by atoms with Crippen LogP contribution in [0.3, 0.4) is 0 Å². The lowest BCUT2D eigenvalue weighted by molar-refractivity contribution is -0.145. The number of carbonyl (C=O) groups is 1. The second kappa shape index (κ2) is 20.1. The molecule has 4 aromatic carbocycles. The second-order valence-electron chi connectivity index (χ2n) is 17.2. The fourth-order valence-corrected chi connectivity index (χ4v) is 15.0. The van der Waals surface area contributed by atoms with Gasteiger partial charge in [0.1, 0.15) is 17.4 Å². The first-order valence-corrected chi connectivity index (χ1v) is 29.1. The average Bonchev–Trinajstić information content (AvgIpc) is 3.29. The molecule has 4 aromatic rings. The molecule has 1 aliphatic carbocycles.